The molecule has 0 aliphatic rings. The molecule has 2 nitrogen and oxygen atoms in total. The van der Waals surface area contributed by atoms with E-state index in [1.165, 1.54) is 12.1 Å². The van der Waals surface area contributed by atoms with E-state index in [9.17, 15) is 9.18 Å². The van der Waals surface area contributed by atoms with Crippen molar-refractivity contribution in [1.82, 2.24) is 0 Å². The van der Waals surface area contributed by atoms with Crippen molar-refractivity contribution < 1.29 is 13.9 Å². The summed E-state index contributed by atoms with van der Waals surface area (Å²) in [5.74, 6) is 0.521. The molecule has 0 aromatic heterocycles. The number of halogens is 1. The lowest BCUT2D eigenvalue weighted by Crippen LogP contribution is -2.01. The van der Waals surface area contributed by atoms with Crippen LogP contribution in [0.2, 0.25) is 0 Å². The summed E-state index contributed by atoms with van der Waals surface area (Å²) in [6, 6.07) is 12.9. The number of para-hydroxylation sites is 1. The van der Waals surface area contributed by atoms with Gasteiger partial charge in [0.1, 0.15) is 17.3 Å². The van der Waals surface area contributed by atoms with Gasteiger partial charge < -0.3 is 4.74 Å². The highest BCUT2D eigenvalue weighted by molar-refractivity contribution is 5.98. The van der Waals surface area contributed by atoms with Crippen molar-refractivity contribution in [3.63, 3.8) is 0 Å². The molecule has 0 spiro atoms. The molecule has 98 valence electrons. The summed E-state index contributed by atoms with van der Waals surface area (Å²) in [7, 11) is 0. The minimum absolute atomic E-state index is 0.0366. The molecule has 0 radical (unpaired) electrons. The summed E-state index contributed by atoms with van der Waals surface area (Å²) in [5, 5.41) is 0. The molecule has 2 aromatic rings. The van der Waals surface area contributed by atoms with Crippen LogP contribution in [0, 0.1) is 5.82 Å². The van der Waals surface area contributed by atoms with Gasteiger partial charge in [-0.1, -0.05) is 25.1 Å². The molecule has 0 fully saturated rings. The number of ketones is 1. The lowest BCUT2D eigenvalue weighted by atomic mass is 10.1. The number of hydrogen-bond acceptors (Lipinski definition) is 2. The van der Waals surface area contributed by atoms with Gasteiger partial charge in [0, 0.05) is 12.5 Å². The van der Waals surface area contributed by atoms with Crippen LogP contribution in [0.15, 0.2) is 48.5 Å². The van der Waals surface area contributed by atoms with Gasteiger partial charge in [-0.05, 0) is 30.7 Å². The van der Waals surface area contributed by atoms with E-state index in [2.05, 4.69) is 0 Å². The first-order valence-electron chi connectivity index (χ1n) is 6.26. The Bertz CT molecular complexity index is 578. The SMILES string of the molecule is CCCC(=O)c1ccccc1Oc1cccc(F)c1. The highest BCUT2D eigenvalue weighted by Crippen LogP contribution is 2.26. The zero-order chi connectivity index (χ0) is 13.7. The molecule has 19 heavy (non-hydrogen) atoms. The van der Waals surface area contributed by atoms with Gasteiger partial charge in [-0.3, -0.25) is 4.79 Å². The normalized spacial score (nSPS) is 10.2. The minimum atomic E-state index is -0.366. The van der Waals surface area contributed by atoms with E-state index >= 15 is 0 Å². The van der Waals surface area contributed by atoms with E-state index < -0.39 is 0 Å². The van der Waals surface area contributed by atoms with E-state index in [0.717, 1.165) is 6.42 Å². The molecule has 0 bridgehead atoms. The van der Waals surface area contributed by atoms with Gasteiger partial charge in [0.15, 0.2) is 5.78 Å². The van der Waals surface area contributed by atoms with Crippen molar-refractivity contribution in [3.8, 4) is 11.5 Å². The number of benzene rings is 2. The van der Waals surface area contributed by atoms with Gasteiger partial charge in [-0.25, -0.2) is 4.39 Å². The smallest absolute Gasteiger partial charge is 0.166 e. The first-order chi connectivity index (χ1) is 9.20. The molecule has 0 saturated heterocycles. The topological polar surface area (TPSA) is 26.3 Å². The number of carbonyl (C=O) groups excluding carboxylic acids is 1. The molecule has 0 saturated carbocycles. The number of carbonyl (C=O) groups is 1. The number of ether oxygens (including phenoxy) is 1. The molecule has 3 heteroatoms. The predicted octanol–water partition coefficient (Wildman–Crippen LogP) is 4.60. The van der Waals surface area contributed by atoms with Crippen LogP contribution in [-0.4, -0.2) is 5.78 Å². The summed E-state index contributed by atoms with van der Waals surface area (Å²) in [6.45, 7) is 1.95. The van der Waals surface area contributed by atoms with Crippen molar-refractivity contribution in [2.24, 2.45) is 0 Å². The molecule has 0 amide bonds. The van der Waals surface area contributed by atoms with Crippen molar-refractivity contribution in [2.45, 2.75) is 19.8 Å². The maximum atomic E-state index is 13.1. The van der Waals surface area contributed by atoms with Crippen LogP contribution in [0.3, 0.4) is 0 Å². The zero-order valence-electron chi connectivity index (χ0n) is 10.7. The molecule has 0 atom stereocenters. The quantitative estimate of drug-likeness (QED) is 0.732. The number of Topliss-reactive ketones (excluding diaryl/α,β-unsaturated/α-hetero) is 1. The fraction of sp³-hybridized carbons (Fsp3) is 0.188. The Kier molecular flexibility index (Phi) is 4.29. The molecule has 0 unspecified atom stereocenters. The van der Waals surface area contributed by atoms with E-state index in [1.807, 2.05) is 6.92 Å². The summed E-state index contributed by atoms with van der Waals surface area (Å²) < 4.78 is 18.7. The predicted molar refractivity (Wildman–Crippen MR) is 72.2 cm³/mol. The fourth-order valence-electron chi connectivity index (χ4n) is 1.81. The maximum Gasteiger partial charge on any atom is 0.166 e. The summed E-state index contributed by atoms with van der Waals surface area (Å²) in [5.41, 5.74) is 0.536. The summed E-state index contributed by atoms with van der Waals surface area (Å²) >= 11 is 0. The third kappa shape index (κ3) is 3.41. The number of hydrogen-bond donors (Lipinski definition) is 0. The van der Waals surface area contributed by atoms with E-state index in [4.69, 9.17) is 4.74 Å². The molecule has 0 aliphatic heterocycles. The lowest BCUT2D eigenvalue weighted by Gasteiger charge is -2.10. The minimum Gasteiger partial charge on any atom is -0.457 e. The summed E-state index contributed by atoms with van der Waals surface area (Å²) in [4.78, 5) is 12.0. The Hall–Kier alpha value is -2.16. The van der Waals surface area contributed by atoms with Gasteiger partial charge in [0.05, 0.1) is 5.56 Å². The van der Waals surface area contributed by atoms with Crippen molar-refractivity contribution in [2.75, 3.05) is 0 Å². The molecule has 2 rings (SSSR count). The van der Waals surface area contributed by atoms with Crippen LogP contribution in [0.4, 0.5) is 4.39 Å². The highest BCUT2D eigenvalue weighted by Gasteiger charge is 2.11. The molecular weight excluding hydrogens is 243 g/mol. The van der Waals surface area contributed by atoms with Crippen molar-refractivity contribution in [1.29, 1.82) is 0 Å². The summed E-state index contributed by atoms with van der Waals surface area (Å²) in [6.07, 6.45) is 1.26. The van der Waals surface area contributed by atoms with Crippen LogP contribution >= 0.6 is 0 Å². The van der Waals surface area contributed by atoms with Gasteiger partial charge in [0.2, 0.25) is 0 Å². The number of rotatable bonds is 5. The van der Waals surface area contributed by atoms with E-state index in [1.54, 1.807) is 36.4 Å². The second-order valence-corrected chi connectivity index (χ2v) is 4.23. The molecule has 0 N–H and O–H groups in total. The Balaban J connectivity index is 2.27. The monoisotopic (exact) mass is 258 g/mol. The third-order valence-electron chi connectivity index (χ3n) is 2.69. The molecule has 0 heterocycles. The van der Waals surface area contributed by atoms with Gasteiger partial charge >= 0.3 is 0 Å². The van der Waals surface area contributed by atoms with E-state index in [0.29, 0.717) is 23.5 Å². The Labute approximate surface area is 111 Å². The zero-order valence-corrected chi connectivity index (χ0v) is 10.7. The Morgan fingerprint density at radius 1 is 1.16 bits per heavy atom. The van der Waals surface area contributed by atoms with Crippen LogP contribution in [0.1, 0.15) is 30.1 Å². The fourth-order valence-corrected chi connectivity index (χ4v) is 1.81. The van der Waals surface area contributed by atoms with Crippen LogP contribution in [0.25, 0.3) is 0 Å². The lowest BCUT2D eigenvalue weighted by molar-refractivity contribution is 0.0979. The van der Waals surface area contributed by atoms with E-state index in [-0.39, 0.29) is 11.6 Å². The molecule has 2 aromatic carbocycles. The van der Waals surface area contributed by atoms with Gasteiger partial charge in [0.25, 0.3) is 0 Å². The van der Waals surface area contributed by atoms with Crippen molar-refractivity contribution in [3.05, 3.63) is 59.9 Å². The first-order valence-corrected chi connectivity index (χ1v) is 6.26. The Morgan fingerprint density at radius 2 is 1.95 bits per heavy atom. The van der Waals surface area contributed by atoms with Crippen LogP contribution < -0.4 is 4.74 Å². The highest BCUT2D eigenvalue weighted by atomic mass is 19.1. The Morgan fingerprint density at radius 3 is 2.68 bits per heavy atom. The maximum absolute atomic E-state index is 13.1. The van der Waals surface area contributed by atoms with Crippen molar-refractivity contribution >= 4 is 5.78 Å². The second-order valence-electron chi connectivity index (χ2n) is 4.23. The molecular formula is C16H15FO2. The van der Waals surface area contributed by atoms with Gasteiger partial charge in [-0.15, -0.1) is 0 Å². The average Bonchev–Trinajstić information content (AvgIpc) is 2.39. The first kappa shape index (κ1) is 13.3. The van der Waals surface area contributed by atoms with Crippen LogP contribution in [-0.2, 0) is 0 Å². The van der Waals surface area contributed by atoms with Crippen LogP contribution in [0.5, 0.6) is 11.5 Å². The average molecular weight is 258 g/mol. The largest absolute Gasteiger partial charge is 0.457 e. The van der Waals surface area contributed by atoms with Gasteiger partial charge in [-0.2, -0.15) is 0 Å². The third-order valence-corrected chi connectivity index (χ3v) is 2.69. The second kappa shape index (κ2) is 6.14. The molecule has 0 aliphatic carbocycles. The standard InChI is InChI=1S/C16H15FO2/c1-2-6-15(18)14-9-3-4-10-16(14)19-13-8-5-7-12(17)11-13/h3-5,7-11H,2,6H2,1H3.